The number of alkyl halides is 3. The highest BCUT2D eigenvalue weighted by atomic mass is 35.5. The molecule has 1 aliphatic heterocycles. The van der Waals surface area contributed by atoms with Gasteiger partial charge in [0.2, 0.25) is 0 Å². The molecule has 3 rings (SSSR count). The van der Waals surface area contributed by atoms with Gasteiger partial charge in [0.15, 0.2) is 0 Å². The van der Waals surface area contributed by atoms with Gasteiger partial charge in [-0.1, -0.05) is 81.8 Å². The third-order valence-electron chi connectivity index (χ3n) is 7.54. The second kappa shape index (κ2) is 18.2. The van der Waals surface area contributed by atoms with Gasteiger partial charge in [-0.05, 0) is 41.5 Å². The summed E-state index contributed by atoms with van der Waals surface area (Å²) in [6.45, 7) is 7.93. The summed E-state index contributed by atoms with van der Waals surface area (Å²) in [6, 6.07) is 13.0. The number of hydrogen-bond acceptors (Lipinski definition) is 5. The predicted molar refractivity (Wildman–Crippen MR) is 179 cm³/mol. The van der Waals surface area contributed by atoms with Gasteiger partial charge in [0.05, 0.1) is 31.8 Å². The first kappa shape index (κ1) is 38.1. The lowest BCUT2D eigenvalue weighted by Gasteiger charge is -2.30. The van der Waals surface area contributed by atoms with E-state index in [0.717, 1.165) is 22.4 Å². The minimum absolute atomic E-state index is 0.170. The summed E-state index contributed by atoms with van der Waals surface area (Å²) >= 11 is 6.29. The number of rotatable bonds is 9. The van der Waals surface area contributed by atoms with Crippen LogP contribution in [-0.4, -0.2) is 72.8 Å². The van der Waals surface area contributed by atoms with Gasteiger partial charge in [-0.15, -0.1) is 0 Å². The summed E-state index contributed by atoms with van der Waals surface area (Å²) < 4.78 is 39.5. The Morgan fingerprint density at radius 1 is 1.15 bits per heavy atom. The average molecular weight is 664 g/mol. The fourth-order valence-corrected chi connectivity index (χ4v) is 4.86. The molecule has 252 valence electrons. The molecular weight excluding hydrogens is 619 g/mol. The van der Waals surface area contributed by atoms with E-state index >= 15 is 0 Å². The van der Waals surface area contributed by atoms with Crippen molar-refractivity contribution < 1.29 is 22.8 Å². The number of carbonyl (C=O) groups excluding carboxylic acids is 2. The lowest BCUT2D eigenvalue weighted by molar-refractivity contribution is -0.135. The Kier molecular flexibility index (Phi) is 15.1. The molecular formula is C33H45ClF3N7O2. The second-order valence-electron chi connectivity index (χ2n) is 10.5. The van der Waals surface area contributed by atoms with Crippen LogP contribution in [0, 0.1) is 5.41 Å². The van der Waals surface area contributed by atoms with Gasteiger partial charge in [-0.3, -0.25) is 15.3 Å². The van der Waals surface area contributed by atoms with Crippen LogP contribution in [0.3, 0.4) is 0 Å². The number of amidine groups is 1. The van der Waals surface area contributed by atoms with Gasteiger partial charge in [0.25, 0.3) is 0 Å². The first-order valence-electron chi connectivity index (χ1n) is 15.4. The molecule has 1 heterocycles. The van der Waals surface area contributed by atoms with Gasteiger partial charge in [0, 0.05) is 36.4 Å². The molecule has 1 fully saturated rings. The fourth-order valence-electron chi connectivity index (χ4n) is 4.66. The fraction of sp³-hybridized carbons (Fsp3) is 0.455. The third kappa shape index (κ3) is 11.1. The summed E-state index contributed by atoms with van der Waals surface area (Å²) in [5.41, 5.74) is 9.97. The molecule has 0 spiro atoms. The van der Waals surface area contributed by atoms with Crippen LogP contribution in [0.25, 0.3) is 0 Å². The monoisotopic (exact) mass is 663 g/mol. The maximum absolute atomic E-state index is 13.2. The molecule has 0 saturated carbocycles. The highest BCUT2D eigenvalue weighted by Gasteiger charge is 2.31. The van der Waals surface area contributed by atoms with Crippen LogP contribution in [-0.2, 0) is 6.54 Å². The Morgan fingerprint density at radius 2 is 1.80 bits per heavy atom. The Balaban J connectivity index is 0.00000361. The normalized spacial score (nSPS) is 15.8. The van der Waals surface area contributed by atoms with Crippen LogP contribution in [0.4, 0.5) is 22.8 Å². The van der Waals surface area contributed by atoms with E-state index in [9.17, 15) is 22.8 Å². The largest absolute Gasteiger partial charge is 0.400 e. The van der Waals surface area contributed by atoms with Gasteiger partial charge < -0.3 is 21.3 Å². The number of nitrogens with two attached hydrogens (primary N) is 1. The molecule has 2 aromatic carbocycles. The Morgan fingerprint density at radius 3 is 2.39 bits per heavy atom. The average Bonchev–Trinajstić information content (AvgIpc) is 3.06. The van der Waals surface area contributed by atoms with E-state index in [0.29, 0.717) is 34.8 Å². The lowest BCUT2D eigenvalue weighted by Crippen LogP contribution is -2.48. The van der Waals surface area contributed by atoms with Crippen molar-refractivity contribution >= 4 is 35.2 Å². The Labute approximate surface area is 274 Å². The zero-order chi connectivity index (χ0) is 34.4. The van der Waals surface area contributed by atoms with E-state index in [1.165, 1.54) is 7.05 Å². The smallest absolute Gasteiger partial charge is 0.390 e. The number of piperidine rings is 1. The van der Waals surface area contributed by atoms with Crippen LogP contribution in [0.2, 0.25) is 5.02 Å². The standard InChI is InChI=1S/C31H39ClF3N7O2.C2H6/c1-4-20(2)21-9-11-22(12-10-21)28(37)42(16-14-31(33,34)35)30(44)40-18-26(36)24-13-15-41(29(43)38-3)19-27(24)39-17-23-7-5-6-8-25(23)32;1-2/h5-12,20,37H,4,13-19,36H2,1-3H3,(H,38,43)(H,40,44);1-2H3/b26-24-,37-28?,39-27?;. The number of nitrogens with one attached hydrogen (secondary N) is 3. The van der Waals surface area contributed by atoms with Gasteiger partial charge in [-0.2, -0.15) is 13.2 Å². The van der Waals surface area contributed by atoms with Crippen molar-refractivity contribution in [3.63, 3.8) is 0 Å². The molecule has 9 nitrogen and oxygen atoms in total. The van der Waals surface area contributed by atoms with Crippen LogP contribution >= 0.6 is 11.6 Å². The topological polar surface area (TPSA) is 127 Å². The van der Waals surface area contributed by atoms with E-state index in [4.69, 9.17) is 22.7 Å². The van der Waals surface area contributed by atoms with Gasteiger partial charge in [-0.25, -0.2) is 9.59 Å². The van der Waals surface area contributed by atoms with Gasteiger partial charge >= 0.3 is 18.2 Å². The van der Waals surface area contributed by atoms with Crippen molar-refractivity contribution in [2.45, 2.75) is 65.6 Å². The van der Waals surface area contributed by atoms with E-state index in [1.54, 1.807) is 29.2 Å². The number of hydrogen-bond donors (Lipinski definition) is 4. The molecule has 1 saturated heterocycles. The molecule has 1 atom stereocenters. The Hall–Kier alpha value is -4.06. The summed E-state index contributed by atoms with van der Waals surface area (Å²) in [6.07, 6.45) is -4.54. The second-order valence-corrected chi connectivity index (χ2v) is 10.9. The quantitative estimate of drug-likeness (QED) is 0.169. The van der Waals surface area contributed by atoms with E-state index in [1.807, 2.05) is 45.0 Å². The highest BCUT2D eigenvalue weighted by molar-refractivity contribution is 6.31. The number of halogens is 4. The van der Waals surface area contributed by atoms with Crippen LogP contribution < -0.4 is 16.4 Å². The lowest BCUT2D eigenvalue weighted by atomic mass is 9.97. The molecule has 1 aliphatic rings. The van der Waals surface area contributed by atoms with Crippen molar-refractivity contribution in [3.05, 3.63) is 81.5 Å². The molecule has 0 bridgehead atoms. The Bertz CT molecular complexity index is 1390. The molecule has 0 aromatic heterocycles. The number of likely N-dealkylation sites (tertiary alicyclic amines) is 1. The molecule has 46 heavy (non-hydrogen) atoms. The minimum Gasteiger partial charge on any atom is -0.400 e. The molecule has 2 aromatic rings. The number of amides is 4. The molecule has 0 aliphatic carbocycles. The van der Waals surface area contributed by atoms with Crippen molar-refractivity contribution in [1.29, 1.82) is 5.41 Å². The molecule has 0 radical (unpaired) electrons. The maximum Gasteiger partial charge on any atom is 0.390 e. The molecule has 4 amide bonds. The van der Waals surface area contributed by atoms with Crippen LogP contribution in [0.5, 0.6) is 0 Å². The first-order chi connectivity index (χ1) is 21.8. The maximum atomic E-state index is 13.2. The summed E-state index contributed by atoms with van der Waals surface area (Å²) in [5, 5.41) is 14.3. The predicted octanol–water partition coefficient (Wildman–Crippen LogP) is 7.07. The number of urea groups is 2. The van der Waals surface area contributed by atoms with Crippen molar-refractivity contribution in [2.75, 3.05) is 33.2 Å². The van der Waals surface area contributed by atoms with Gasteiger partial charge in [0.1, 0.15) is 5.84 Å². The molecule has 13 heteroatoms. The summed E-state index contributed by atoms with van der Waals surface area (Å²) in [4.78, 5) is 32.6. The zero-order valence-corrected chi connectivity index (χ0v) is 27.9. The van der Waals surface area contributed by atoms with Crippen molar-refractivity contribution in [2.24, 2.45) is 10.7 Å². The SMILES string of the molecule is CC.CCC(C)c1ccc(C(=N)N(CCC(F)(F)F)C(=O)NC/C(N)=C2\CCN(C(=O)NC)CC2=NCc2ccccc2Cl)cc1. The van der Waals surface area contributed by atoms with Crippen LogP contribution in [0.15, 0.2) is 64.8 Å². The number of aliphatic imine (C=N–C) groups is 1. The molecule has 5 N–H and O–H groups in total. The number of nitrogens with zero attached hydrogens (tertiary/aromatic N) is 3. The number of benzene rings is 2. The van der Waals surface area contributed by atoms with E-state index in [2.05, 4.69) is 22.5 Å². The first-order valence-corrected chi connectivity index (χ1v) is 15.7. The third-order valence-corrected chi connectivity index (χ3v) is 7.91. The minimum atomic E-state index is -4.52. The highest BCUT2D eigenvalue weighted by Crippen LogP contribution is 2.23. The number of carbonyl (C=O) groups is 2. The van der Waals surface area contributed by atoms with E-state index < -0.39 is 25.2 Å². The van der Waals surface area contributed by atoms with Crippen molar-refractivity contribution in [3.8, 4) is 0 Å². The van der Waals surface area contributed by atoms with E-state index in [-0.39, 0.29) is 43.1 Å². The van der Waals surface area contributed by atoms with Crippen LogP contribution in [0.1, 0.15) is 69.6 Å². The summed E-state index contributed by atoms with van der Waals surface area (Å²) in [5.74, 6) is -0.0743. The zero-order valence-electron chi connectivity index (χ0n) is 27.1. The molecule has 1 unspecified atom stereocenters. The van der Waals surface area contributed by atoms with Crippen molar-refractivity contribution in [1.82, 2.24) is 20.4 Å². The summed E-state index contributed by atoms with van der Waals surface area (Å²) in [7, 11) is 1.53.